The highest BCUT2D eigenvalue weighted by molar-refractivity contribution is 7.13. The molecule has 2 heterocycles. The van der Waals surface area contributed by atoms with Crippen LogP contribution in [0.3, 0.4) is 0 Å². The summed E-state index contributed by atoms with van der Waals surface area (Å²) in [5.41, 5.74) is 3.27. The molecular weight excluding hydrogens is 400 g/mol. The van der Waals surface area contributed by atoms with E-state index in [1.165, 1.54) is 4.90 Å². The summed E-state index contributed by atoms with van der Waals surface area (Å²) < 4.78 is 10.9. The van der Waals surface area contributed by atoms with Crippen LogP contribution in [0.5, 0.6) is 5.75 Å². The van der Waals surface area contributed by atoms with E-state index in [-0.39, 0.29) is 12.5 Å². The highest BCUT2D eigenvalue weighted by atomic mass is 32.1. The number of ether oxygens (including phenoxy) is 2. The molecular formula is C23H22N2O4S. The van der Waals surface area contributed by atoms with Crippen molar-refractivity contribution in [1.82, 2.24) is 4.98 Å². The number of hydrogen-bond acceptors (Lipinski definition) is 6. The van der Waals surface area contributed by atoms with Gasteiger partial charge in [0.2, 0.25) is 0 Å². The van der Waals surface area contributed by atoms with E-state index in [1.54, 1.807) is 18.3 Å². The third kappa shape index (κ3) is 4.07. The van der Waals surface area contributed by atoms with Crippen LogP contribution in [0.2, 0.25) is 0 Å². The zero-order valence-electron chi connectivity index (χ0n) is 16.8. The second-order valence-electron chi connectivity index (χ2n) is 6.99. The molecule has 0 bridgehead atoms. The molecule has 3 aromatic rings. The summed E-state index contributed by atoms with van der Waals surface area (Å²) in [6, 6.07) is 15.6. The first-order valence-corrected chi connectivity index (χ1v) is 10.7. The molecule has 7 heteroatoms. The number of fused-ring (bicyclic) bond motifs is 1. The Morgan fingerprint density at radius 2 is 2.00 bits per heavy atom. The van der Waals surface area contributed by atoms with Crippen LogP contribution in [0.15, 0.2) is 53.9 Å². The number of hydrogen-bond donors (Lipinski definition) is 0. The van der Waals surface area contributed by atoms with E-state index in [0.29, 0.717) is 18.0 Å². The Hall–Kier alpha value is -3.19. The van der Waals surface area contributed by atoms with Crippen LogP contribution >= 0.6 is 11.3 Å². The monoisotopic (exact) mass is 422 g/mol. The molecule has 2 aromatic carbocycles. The molecule has 0 N–H and O–H groups in total. The topological polar surface area (TPSA) is 68.7 Å². The third-order valence-electron chi connectivity index (χ3n) is 4.74. The number of rotatable bonds is 6. The Balaban J connectivity index is 1.65. The van der Waals surface area contributed by atoms with Gasteiger partial charge in [0.05, 0.1) is 18.0 Å². The van der Waals surface area contributed by atoms with Crippen LogP contribution in [-0.2, 0) is 14.3 Å². The second-order valence-corrected chi connectivity index (χ2v) is 7.85. The number of aromatic nitrogens is 1. The second kappa shape index (κ2) is 8.67. The molecule has 0 saturated carbocycles. The molecule has 6 nitrogen and oxygen atoms in total. The molecule has 1 atom stereocenters. The minimum atomic E-state index is -0.661. The lowest BCUT2D eigenvalue weighted by atomic mass is 10.1. The number of benzene rings is 2. The number of anilines is 1. The Morgan fingerprint density at radius 1 is 1.20 bits per heavy atom. The molecule has 30 heavy (non-hydrogen) atoms. The Morgan fingerprint density at radius 3 is 2.77 bits per heavy atom. The summed E-state index contributed by atoms with van der Waals surface area (Å²) in [5, 5.41) is 2.90. The number of esters is 1. The molecule has 1 unspecified atom stereocenters. The van der Waals surface area contributed by atoms with Crippen molar-refractivity contribution in [2.45, 2.75) is 26.4 Å². The van der Waals surface area contributed by atoms with E-state index in [2.05, 4.69) is 0 Å². The van der Waals surface area contributed by atoms with Crippen molar-refractivity contribution in [2.75, 3.05) is 18.1 Å². The van der Waals surface area contributed by atoms with Crippen LogP contribution in [0, 0.1) is 0 Å². The SMILES string of the molecule is CCCOC(=O)CN1C(=O)C(C)Oc2ccc(-c3csc(-c4ccccc4)n3)cc21. The van der Waals surface area contributed by atoms with Gasteiger partial charge in [-0.1, -0.05) is 37.3 Å². The quantitative estimate of drug-likeness (QED) is 0.546. The molecule has 1 amide bonds. The van der Waals surface area contributed by atoms with E-state index in [0.717, 1.165) is 28.2 Å². The molecule has 0 spiro atoms. The van der Waals surface area contributed by atoms with E-state index in [4.69, 9.17) is 14.5 Å². The summed E-state index contributed by atoms with van der Waals surface area (Å²) in [7, 11) is 0. The predicted octanol–water partition coefficient (Wildman–Crippen LogP) is 4.54. The summed E-state index contributed by atoms with van der Waals surface area (Å²) in [6.45, 7) is 3.79. The van der Waals surface area contributed by atoms with Crippen molar-refractivity contribution in [3.05, 3.63) is 53.9 Å². The van der Waals surface area contributed by atoms with Crippen LogP contribution < -0.4 is 9.64 Å². The first-order valence-electron chi connectivity index (χ1n) is 9.86. The van der Waals surface area contributed by atoms with Gasteiger partial charge in [-0.25, -0.2) is 4.98 Å². The molecule has 0 radical (unpaired) electrons. The minimum absolute atomic E-state index is 0.144. The Bertz CT molecular complexity index is 1060. The zero-order chi connectivity index (χ0) is 21.1. The number of thiazole rings is 1. The maximum atomic E-state index is 12.7. The smallest absolute Gasteiger partial charge is 0.326 e. The lowest BCUT2D eigenvalue weighted by Gasteiger charge is -2.32. The van der Waals surface area contributed by atoms with Crippen LogP contribution in [0.4, 0.5) is 5.69 Å². The van der Waals surface area contributed by atoms with Gasteiger partial charge in [0.1, 0.15) is 17.3 Å². The average Bonchev–Trinajstić information content (AvgIpc) is 3.26. The lowest BCUT2D eigenvalue weighted by Crippen LogP contribution is -2.47. The maximum absolute atomic E-state index is 12.7. The third-order valence-corrected chi connectivity index (χ3v) is 5.63. The highest BCUT2D eigenvalue weighted by Gasteiger charge is 2.33. The van der Waals surface area contributed by atoms with Crippen LogP contribution in [-0.4, -0.2) is 36.1 Å². The Labute approximate surface area is 179 Å². The molecule has 0 aliphatic carbocycles. The fraction of sp³-hybridized carbons (Fsp3) is 0.261. The van der Waals surface area contributed by atoms with Gasteiger partial charge >= 0.3 is 5.97 Å². The number of carbonyl (C=O) groups is 2. The molecule has 1 aliphatic rings. The van der Waals surface area contributed by atoms with Crippen LogP contribution in [0.25, 0.3) is 21.8 Å². The van der Waals surface area contributed by atoms with Gasteiger partial charge in [0, 0.05) is 16.5 Å². The van der Waals surface area contributed by atoms with E-state index < -0.39 is 12.1 Å². The molecule has 1 aromatic heterocycles. The molecule has 1 aliphatic heterocycles. The van der Waals surface area contributed by atoms with Gasteiger partial charge in [-0.2, -0.15) is 0 Å². The molecule has 154 valence electrons. The van der Waals surface area contributed by atoms with Crippen LogP contribution in [0.1, 0.15) is 20.3 Å². The minimum Gasteiger partial charge on any atom is -0.479 e. The van der Waals surface area contributed by atoms with Gasteiger partial charge in [0.15, 0.2) is 6.10 Å². The van der Waals surface area contributed by atoms with Gasteiger partial charge < -0.3 is 9.47 Å². The molecule has 4 rings (SSSR count). The summed E-state index contributed by atoms with van der Waals surface area (Å²) in [6.07, 6.45) is 0.0688. The van der Waals surface area contributed by atoms with Gasteiger partial charge in [-0.3, -0.25) is 14.5 Å². The van der Waals surface area contributed by atoms with E-state index in [9.17, 15) is 9.59 Å². The summed E-state index contributed by atoms with van der Waals surface area (Å²) in [4.78, 5) is 31.1. The fourth-order valence-electron chi connectivity index (χ4n) is 3.24. The average molecular weight is 423 g/mol. The van der Waals surface area contributed by atoms with E-state index >= 15 is 0 Å². The fourth-order valence-corrected chi connectivity index (χ4v) is 4.07. The first-order chi connectivity index (χ1) is 14.6. The van der Waals surface area contributed by atoms with Gasteiger partial charge in [-0.05, 0) is 31.5 Å². The van der Waals surface area contributed by atoms with Gasteiger partial charge in [-0.15, -0.1) is 11.3 Å². The predicted molar refractivity (Wildman–Crippen MR) is 117 cm³/mol. The number of amides is 1. The largest absolute Gasteiger partial charge is 0.479 e. The number of nitrogens with zero attached hydrogens (tertiary/aromatic N) is 2. The number of carbonyl (C=O) groups excluding carboxylic acids is 2. The first kappa shape index (κ1) is 20.1. The summed E-state index contributed by atoms with van der Waals surface area (Å²) in [5.74, 6) is -0.139. The summed E-state index contributed by atoms with van der Waals surface area (Å²) >= 11 is 1.56. The zero-order valence-corrected chi connectivity index (χ0v) is 17.6. The molecule has 0 saturated heterocycles. The van der Waals surface area contributed by atoms with E-state index in [1.807, 2.05) is 60.8 Å². The normalized spacial score (nSPS) is 15.5. The van der Waals surface area contributed by atoms with Crippen molar-refractivity contribution in [2.24, 2.45) is 0 Å². The standard InChI is InChI=1S/C23H22N2O4S/c1-3-11-28-21(26)13-25-19-12-17(9-10-20(19)29-15(2)23(25)27)18-14-30-22(24-18)16-7-5-4-6-8-16/h4-10,12,14-15H,3,11,13H2,1-2H3. The van der Waals surface area contributed by atoms with Gasteiger partial charge in [0.25, 0.3) is 5.91 Å². The lowest BCUT2D eigenvalue weighted by molar-refractivity contribution is -0.143. The van der Waals surface area contributed by atoms with Crippen molar-refractivity contribution in [3.8, 4) is 27.6 Å². The maximum Gasteiger partial charge on any atom is 0.326 e. The van der Waals surface area contributed by atoms with Crippen molar-refractivity contribution in [1.29, 1.82) is 0 Å². The van der Waals surface area contributed by atoms with Crippen molar-refractivity contribution < 1.29 is 19.1 Å². The highest BCUT2D eigenvalue weighted by Crippen LogP contribution is 2.38. The van der Waals surface area contributed by atoms with Crippen molar-refractivity contribution >= 4 is 28.9 Å². The van der Waals surface area contributed by atoms with Crippen molar-refractivity contribution in [3.63, 3.8) is 0 Å². The Kier molecular flexibility index (Phi) is 5.81. The molecule has 0 fully saturated rings.